The first-order valence-corrected chi connectivity index (χ1v) is 18.7. The molecular weight excluding hydrogens is 642 g/mol. The molecule has 5 rings (SSSR count). The topological polar surface area (TPSA) is 106 Å². The van der Waals surface area contributed by atoms with Crippen LogP contribution in [0.1, 0.15) is 66.2 Å². The van der Waals surface area contributed by atoms with E-state index in [0.717, 1.165) is 43.6 Å². The van der Waals surface area contributed by atoms with Gasteiger partial charge in [0.05, 0.1) is 26.7 Å². The Morgan fingerprint density at radius 3 is 2.22 bits per heavy atom. The first-order valence-electron chi connectivity index (χ1n) is 16.8. The van der Waals surface area contributed by atoms with E-state index in [2.05, 4.69) is 34.4 Å². The SMILES string of the molecule is Cc1cc(C)c(C(=O)N2CCN(c3cccc(F)c3[S@](C)(=O)=NC(=O)OC(C)(C)C)CC2)cc1CC1CCN(c2ccccc2C#N)CC1. The molecule has 3 aromatic rings. The summed E-state index contributed by atoms with van der Waals surface area (Å²) < 4.78 is 37.9. The molecule has 1 atom stereocenters. The number of anilines is 2. The van der Waals surface area contributed by atoms with Crippen LogP contribution in [-0.2, 0) is 20.9 Å². The quantitative estimate of drug-likeness (QED) is 0.272. The van der Waals surface area contributed by atoms with Gasteiger partial charge in [0.1, 0.15) is 22.4 Å². The van der Waals surface area contributed by atoms with Gasteiger partial charge in [-0.3, -0.25) is 4.79 Å². The highest BCUT2D eigenvalue weighted by atomic mass is 32.2. The fourth-order valence-electron chi connectivity index (χ4n) is 6.79. The lowest BCUT2D eigenvalue weighted by Crippen LogP contribution is -2.49. The number of benzene rings is 3. The molecule has 0 saturated carbocycles. The van der Waals surface area contributed by atoms with E-state index in [9.17, 15) is 19.1 Å². The maximum Gasteiger partial charge on any atom is 0.442 e. The molecule has 2 fully saturated rings. The smallest absolute Gasteiger partial charge is 0.442 e. The Balaban J connectivity index is 1.26. The Morgan fingerprint density at radius 1 is 0.939 bits per heavy atom. The van der Waals surface area contributed by atoms with Crippen LogP contribution < -0.4 is 9.80 Å². The van der Waals surface area contributed by atoms with Gasteiger partial charge >= 0.3 is 6.09 Å². The highest BCUT2D eigenvalue weighted by Crippen LogP contribution is 2.32. The molecule has 0 unspecified atom stereocenters. The van der Waals surface area contributed by atoms with Crippen LogP contribution in [0.3, 0.4) is 0 Å². The molecule has 260 valence electrons. The third-order valence-electron chi connectivity index (χ3n) is 9.28. The van der Waals surface area contributed by atoms with E-state index < -0.39 is 27.2 Å². The van der Waals surface area contributed by atoms with E-state index in [-0.39, 0.29) is 10.8 Å². The van der Waals surface area contributed by atoms with Crippen LogP contribution >= 0.6 is 0 Å². The third-order valence-corrected chi connectivity index (χ3v) is 10.9. The summed E-state index contributed by atoms with van der Waals surface area (Å²) >= 11 is 0. The second-order valence-electron chi connectivity index (χ2n) is 14.1. The van der Waals surface area contributed by atoms with Gasteiger partial charge in [-0.2, -0.15) is 5.26 Å². The molecule has 0 spiro atoms. The number of ether oxygens (including phenoxy) is 1. The molecule has 9 nitrogen and oxygen atoms in total. The maximum atomic E-state index is 15.2. The van der Waals surface area contributed by atoms with E-state index in [0.29, 0.717) is 48.9 Å². The van der Waals surface area contributed by atoms with Crippen LogP contribution in [-0.4, -0.2) is 72.2 Å². The van der Waals surface area contributed by atoms with Gasteiger partial charge in [0, 0.05) is 51.1 Å². The Labute approximate surface area is 289 Å². The zero-order chi connectivity index (χ0) is 35.5. The van der Waals surface area contributed by atoms with Gasteiger partial charge in [0.2, 0.25) is 0 Å². The number of halogens is 1. The summed E-state index contributed by atoms with van der Waals surface area (Å²) in [7, 11) is -3.48. The number of hydrogen-bond donors (Lipinski definition) is 0. The van der Waals surface area contributed by atoms with Gasteiger partial charge in [-0.05, 0) is 107 Å². The van der Waals surface area contributed by atoms with E-state index in [4.69, 9.17) is 4.74 Å². The molecule has 2 aliphatic heterocycles. The van der Waals surface area contributed by atoms with Crippen molar-refractivity contribution in [2.75, 3.05) is 55.3 Å². The maximum absolute atomic E-state index is 15.2. The first-order chi connectivity index (χ1) is 23.2. The number of hydrogen-bond acceptors (Lipinski definition) is 7. The number of piperazine rings is 1. The van der Waals surface area contributed by atoms with Crippen LogP contribution in [0.15, 0.2) is 63.9 Å². The van der Waals surface area contributed by atoms with E-state index >= 15 is 4.39 Å². The van der Waals surface area contributed by atoms with Gasteiger partial charge in [-0.25, -0.2) is 13.4 Å². The van der Waals surface area contributed by atoms with E-state index in [1.807, 2.05) is 41.0 Å². The third kappa shape index (κ3) is 8.42. The minimum absolute atomic E-state index is 0.0417. The van der Waals surface area contributed by atoms with Crippen LogP contribution in [0.2, 0.25) is 0 Å². The monoisotopic (exact) mass is 687 g/mol. The summed E-state index contributed by atoms with van der Waals surface area (Å²) in [6.45, 7) is 12.5. The number of carbonyl (C=O) groups excluding carboxylic acids is 2. The van der Waals surface area contributed by atoms with E-state index in [1.165, 1.54) is 23.4 Å². The first kappa shape index (κ1) is 35.9. The molecule has 11 heteroatoms. The van der Waals surface area contributed by atoms with Gasteiger partial charge in [0.15, 0.2) is 0 Å². The molecule has 0 aromatic heterocycles. The highest BCUT2D eigenvalue weighted by Gasteiger charge is 2.29. The number of amides is 2. The Hall–Kier alpha value is -4.43. The number of rotatable bonds is 6. The Bertz CT molecular complexity index is 1890. The minimum atomic E-state index is -3.48. The summed E-state index contributed by atoms with van der Waals surface area (Å²) in [5.74, 6) is -0.272. The van der Waals surface area contributed by atoms with Crippen LogP contribution in [0.5, 0.6) is 0 Å². The lowest BCUT2D eigenvalue weighted by Gasteiger charge is -2.37. The number of piperidine rings is 1. The second-order valence-corrected chi connectivity index (χ2v) is 16.3. The van der Waals surface area contributed by atoms with Crippen molar-refractivity contribution in [3.63, 3.8) is 0 Å². The van der Waals surface area contributed by atoms with Crippen molar-refractivity contribution in [3.8, 4) is 6.07 Å². The lowest BCUT2D eigenvalue weighted by atomic mass is 9.86. The molecule has 0 radical (unpaired) electrons. The van der Waals surface area contributed by atoms with Crippen LogP contribution in [0, 0.1) is 36.9 Å². The highest BCUT2D eigenvalue weighted by molar-refractivity contribution is 7.93. The molecule has 0 aliphatic carbocycles. The van der Waals surface area contributed by atoms with Crippen molar-refractivity contribution >= 4 is 33.1 Å². The fraction of sp³-hybridized carbons (Fsp3) is 0.447. The van der Waals surface area contributed by atoms with Crippen molar-refractivity contribution in [3.05, 3.63) is 88.2 Å². The predicted octanol–water partition coefficient (Wildman–Crippen LogP) is 7.13. The number of carbonyl (C=O) groups is 2. The molecule has 2 heterocycles. The molecular formula is C38H46FN5O4S. The molecule has 3 aromatic carbocycles. The normalized spacial score (nSPS) is 16.9. The summed E-state index contributed by atoms with van der Waals surface area (Å²) in [6, 6.07) is 18.6. The molecule has 49 heavy (non-hydrogen) atoms. The van der Waals surface area contributed by atoms with Crippen molar-refractivity contribution in [1.29, 1.82) is 5.26 Å². The lowest BCUT2D eigenvalue weighted by molar-refractivity contribution is 0.0607. The summed E-state index contributed by atoms with van der Waals surface area (Å²) in [6.07, 6.45) is 3.14. The van der Waals surface area contributed by atoms with Gasteiger partial charge in [-0.15, -0.1) is 4.36 Å². The number of aryl methyl sites for hydroxylation is 2. The average Bonchev–Trinajstić information content (AvgIpc) is 3.04. The van der Waals surface area contributed by atoms with Crippen molar-refractivity contribution < 1.29 is 22.9 Å². The zero-order valence-electron chi connectivity index (χ0n) is 29.3. The Kier molecular flexibility index (Phi) is 10.7. The molecule has 2 amide bonds. The second kappa shape index (κ2) is 14.6. The summed E-state index contributed by atoms with van der Waals surface area (Å²) in [4.78, 5) is 32.2. The largest absolute Gasteiger partial charge is 0.442 e. The van der Waals surface area contributed by atoms with E-state index in [1.54, 1.807) is 32.9 Å². The van der Waals surface area contributed by atoms with Gasteiger partial charge < -0.3 is 19.4 Å². The predicted molar refractivity (Wildman–Crippen MR) is 191 cm³/mol. The van der Waals surface area contributed by atoms with Crippen molar-refractivity contribution in [1.82, 2.24) is 4.90 Å². The summed E-state index contributed by atoms with van der Waals surface area (Å²) in [5.41, 5.74) is 5.23. The van der Waals surface area contributed by atoms with Crippen LogP contribution in [0.4, 0.5) is 20.6 Å². The minimum Gasteiger partial charge on any atom is -0.442 e. The fourth-order valence-corrected chi connectivity index (χ4v) is 8.22. The van der Waals surface area contributed by atoms with Crippen LogP contribution in [0.25, 0.3) is 0 Å². The summed E-state index contributed by atoms with van der Waals surface area (Å²) in [5, 5.41) is 9.53. The standard InChI is InChI=1S/C38H46FN5O4S/c1-26-22-27(2)31(24-30(26)23-28-14-16-42(17-15-28)33-12-8-7-10-29(33)25-40)36(45)44-20-18-43(19-21-44)34-13-9-11-32(39)35(34)49(6,47)41-37(46)48-38(3,4)5/h7-13,22,24,28H,14-21,23H2,1-6H3/t49-/m0/s1. The van der Waals surface area contributed by atoms with Gasteiger partial charge in [-0.1, -0.05) is 24.3 Å². The molecule has 0 N–H and O–H groups in total. The number of para-hydroxylation sites is 1. The molecule has 2 aliphatic rings. The molecule has 2 saturated heterocycles. The number of nitriles is 1. The number of nitrogens with zero attached hydrogens (tertiary/aromatic N) is 5. The van der Waals surface area contributed by atoms with Gasteiger partial charge in [0.25, 0.3) is 5.91 Å². The van der Waals surface area contributed by atoms with Crippen molar-refractivity contribution in [2.24, 2.45) is 10.3 Å². The average molecular weight is 688 g/mol. The zero-order valence-corrected chi connectivity index (χ0v) is 30.1. The Morgan fingerprint density at radius 2 is 1.57 bits per heavy atom. The van der Waals surface area contributed by atoms with Crippen molar-refractivity contribution in [2.45, 2.75) is 64.4 Å². The molecule has 0 bridgehead atoms.